The maximum atomic E-state index is 13.2. The molecule has 4 heteroatoms. The number of hydrogen-bond acceptors (Lipinski definition) is 3. The minimum Gasteiger partial charge on any atom is -0.384 e. The minimum atomic E-state index is -0.231. The summed E-state index contributed by atoms with van der Waals surface area (Å²) in [6.45, 7) is 2.07. The SMILES string of the molecule is CN(C)CCCCCNc1cc(-c2ccc(F)cc2)nc2ccccc12. The molecule has 0 fully saturated rings. The summed E-state index contributed by atoms with van der Waals surface area (Å²) in [5.41, 5.74) is 3.82. The molecule has 26 heavy (non-hydrogen) atoms. The number of benzene rings is 2. The van der Waals surface area contributed by atoms with Gasteiger partial charge in [0.05, 0.1) is 11.2 Å². The van der Waals surface area contributed by atoms with E-state index >= 15 is 0 Å². The number of para-hydroxylation sites is 1. The number of pyridine rings is 1. The van der Waals surface area contributed by atoms with Crippen molar-refractivity contribution in [2.75, 3.05) is 32.5 Å². The van der Waals surface area contributed by atoms with Crippen molar-refractivity contribution in [1.29, 1.82) is 0 Å². The van der Waals surface area contributed by atoms with E-state index in [1.165, 1.54) is 25.0 Å². The van der Waals surface area contributed by atoms with Gasteiger partial charge in [0.25, 0.3) is 0 Å². The predicted molar refractivity (Wildman–Crippen MR) is 108 cm³/mol. The molecule has 0 spiro atoms. The Morgan fingerprint density at radius 1 is 0.962 bits per heavy atom. The van der Waals surface area contributed by atoms with Gasteiger partial charge < -0.3 is 10.2 Å². The second-order valence-corrected chi connectivity index (χ2v) is 6.87. The Bertz CT molecular complexity index is 844. The van der Waals surface area contributed by atoms with Gasteiger partial charge in [-0.25, -0.2) is 9.37 Å². The van der Waals surface area contributed by atoms with E-state index in [0.717, 1.165) is 47.4 Å². The fourth-order valence-corrected chi connectivity index (χ4v) is 3.04. The zero-order valence-electron chi connectivity index (χ0n) is 15.5. The molecule has 0 radical (unpaired) electrons. The average molecular weight is 351 g/mol. The van der Waals surface area contributed by atoms with Gasteiger partial charge >= 0.3 is 0 Å². The van der Waals surface area contributed by atoms with Gasteiger partial charge in [0.15, 0.2) is 0 Å². The Kier molecular flexibility index (Phi) is 6.18. The lowest BCUT2D eigenvalue weighted by molar-refractivity contribution is 0.393. The summed E-state index contributed by atoms with van der Waals surface area (Å²) < 4.78 is 13.2. The molecule has 0 aliphatic heterocycles. The van der Waals surface area contributed by atoms with Gasteiger partial charge in [0, 0.05) is 23.2 Å². The first-order valence-corrected chi connectivity index (χ1v) is 9.18. The van der Waals surface area contributed by atoms with E-state index in [0.29, 0.717) is 0 Å². The molecule has 1 aromatic heterocycles. The Labute approximate surface area is 154 Å². The fraction of sp³-hybridized carbons (Fsp3) is 0.318. The fourth-order valence-electron chi connectivity index (χ4n) is 3.04. The Balaban J connectivity index is 1.76. The lowest BCUT2D eigenvalue weighted by atomic mass is 10.1. The summed E-state index contributed by atoms with van der Waals surface area (Å²) >= 11 is 0. The number of unbranched alkanes of at least 4 members (excludes halogenated alkanes) is 2. The minimum absolute atomic E-state index is 0.231. The molecular weight excluding hydrogens is 325 g/mol. The number of rotatable bonds is 8. The van der Waals surface area contributed by atoms with E-state index in [4.69, 9.17) is 4.98 Å². The molecule has 0 saturated carbocycles. The van der Waals surface area contributed by atoms with Crippen LogP contribution in [0.3, 0.4) is 0 Å². The lowest BCUT2D eigenvalue weighted by Crippen LogP contribution is -2.13. The average Bonchev–Trinajstić information content (AvgIpc) is 2.64. The van der Waals surface area contributed by atoms with Gasteiger partial charge in [-0.1, -0.05) is 24.6 Å². The van der Waals surface area contributed by atoms with E-state index in [1.54, 1.807) is 12.1 Å². The highest BCUT2D eigenvalue weighted by Crippen LogP contribution is 2.28. The van der Waals surface area contributed by atoms with Crippen molar-refractivity contribution in [3.8, 4) is 11.3 Å². The normalized spacial score (nSPS) is 11.2. The first-order valence-electron chi connectivity index (χ1n) is 9.18. The zero-order chi connectivity index (χ0) is 18.4. The molecule has 3 nitrogen and oxygen atoms in total. The molecule has 0 atom stereocenters. The zero-order valence-corrected chi connectivity index (χ0v) is 15.5. The van der Waals surface area contributed by atoms with Crippen LogP contribution in [0, 0.1) is 5.82 Å². The van der Waals surface area contributed by atoms with E-state index in [1.807, 2.05) is 18.2 Å². The summed E-state index contributed by atoms with van der Waals surface area (Å²) in [5.74, 6) is -0.231. The third-order valence-electron chi connectivity index (χ3n) is 4.45. The topological polar surface area (TPSA) is 28.2 Å². The van der Waals surface area contributed by atoms with Crippen LogP contribution in [0.4, 0.5) is 10.1 Å². The predicted octanol–water partition coefficient (Wildman–Crippen LogP) is 5.18. The third kappa shape index (κ3) is 4.79. The summed E-state index contributed by atoms with van der Waals surface area (Å²) in [6.07, 6.45) is 3.56. The van der Waals surface area contributed by atoms with Gasteiger partial charge in [-0.05, 0) is 69.9 Å². The summed E-state index contributed by atoms with van der Waals surface area (Å²) in [6, 6.07) is 16.7. The molecule has 0 saturated heterocycles. The Hall–Kier alpha value is -2.46. The Morgan fingerprint density at radius 3 is 2.50 bits per heavy atom. The van der Waals surface area contributed by atoms with Crippen molar-refractivity contribution in [1.82, 2.24) is 9.88 Å². The molecule has 3 aromatic rings. The third-order valence-corrected chi connectivity index (χ3v) is 4.45. The van der Waals surface area contributed by atoms with Crippen LogP contribution in [-0.2, 0) is 0 Å². The van der Waals surface area contributed by atoms with Crippen LogP contribution in [0.5, 0.6) is 0 Å². The van der Waals surface area contributed by atoms with Gasteiger partial charge in [-0.2, -0.15) is 0 Å². The van der Waals surface area contributed by atoms with Gasteiger partial charge in [0.2, 0.25) is 0 Å². The molecular formula is C22H26FN3. The molecule has 136 valence electrons. The van der Waals surface area contributed by atoms with Crippen LogP contribution in [-0.4, -0.2) is 37.1 Å². The lowest BCUT2D eigenvalue weighted by Gasteiger charge is -2.13. The summed E-state index contributed by atoms with van der Waals surface area (Å²) in [7, 11) is 4.22. The number of aromatic nitrogens is 1. The highest BCUT2D eigenvalue weighted by atomic mass is 19.1. The number of nitrogens with zero attached hydrogens (tertiary/aromatic N) is 2. The first kappa shape index (κ1) is 18.3. The monoisotopic (exact) mass is 351 g/mol. The molecule has 0 amide bonds. The largest absolute Gasteiger partial charge is 0.384 e. The van der Waals surface area contributed by atoms with Crippen molar-refractivity contribution < 1.29 is 4.39 Å². The number of anilines is 1. The maximum absolute atomic E-state index is 13.2. The highest BCUT2D eigenvalue weighted by molar-refractivity contribution is 5.93. The maximum Gasteiger partial charge on any atom is 0.123 e. The molecule has 1 heterocycles. The number of halogens is 1. The number of fused-ring (bicyclic) bond motifs is 1. The Morgan fingerprint density at radius 2 is 1.73 bits per heavy atom. The molecule has 0 aliphatic carbocycles. The van der Waals surface area contributed by atoms with Crippen LogP contribution in [0.2, 0.25) is 0 Å². The standard InChI is InChI=1S/C22H26FN3/c1-26(2)15-7-3-6-14-24-22-16-21(17-10-12-18(23)13-11-17)25-20-9-5-4-8-19(20)22/h4-5,8-13,16H,3,6-7,14-15H2,1-2H3,(H,24,25). The molecule has 0 bridgehead atoms. The van der Waals surface area contributed by atoms with Crippen LogP contribution < -0.4 is 5.32 Å². The molecule has 3 rings (SSSR count). The van der Waals surface area contributed by atoms with Crippen molar-refractivity contribution in [2.45, 2.75) is 19.3 Å². The van der Waals surface area contributed by atoms with E-state index in [2.05, 4.69) is 36.4 Å². The summed E-state index contributed by atoms with van der Waals surface area (Å²) in [4.78, 5) is 6.97. The quantitative estimate of drug-likeness (QED) is 0.567. The highest BCUT2D eigenvalue weighted by Gasteiger charge is 2.07. The number of hydrogen-bond donors (Lipinski definition) is 1. The molecule has 2 aromatic carbocycles. The van der Waals surface area contributed by atoms with Gasteiger partial charge in [0.1, 0.15) is 5.82 Å². The van der Waals surface area contributed by atoms with E-state index < -0.39 is 0 Å². The second kappa shape index (κ2) is 8.77. The van der Waals surface area contributed by atoms with E-state index in [9.17, 15) is 4.39 Å². The van der Waals surface area contributed by atoms with Gasteiger partial charge in [-0.15, -0.1) is 0 Å². The van der Waals surface area contributed by atoms with Crippen LogP contribution in [0.15, 0.2) is 54.6 Å². The van der Waals surface area contributed by atoms with Crippen molar-refractivity contribution in [3.63, 3.8) is 0 Å². The van der Waals surface area contributed by atoms with Gasteiger partial charge in [-0.3, -0.25) is 0 Å². The summed E-state index contributed by atoms with van der Waals surface area (Å²) in [5, 5.41) is 4.69. The molecule has 0 aliphatic rings. The number of nitrogens with one attached hydrogen (secondary N) is 1. The van der Waals surface area contributed by atoms with Crippen molar-refractivity contribution in [2.24, 2.45) is 0 Å². The van der Waals surface area contributed by atoms with E-state index in [-0.39, 0.29) is 5.82 Å². The molecule has 1 N–H and O–H groups in total. The smallest absolute Gasteiger partial charge is 0.123 e. The first-order chi connectivity index (χ1) is 12.6. The van der Waals surface area contributed by atoms with Crippen LogP contribution in [0.1, 0.15) is 19.3 Å². The van der Waals surface area contributed by atoms with Crippen LogP contribution >= 0.6 is 0 Å². The van der Waals surface area contributed by atoms with Crippen molar-refractivity contribution >= 4 is 16.6 Å². The van der Waals surface area contributed by atoms with Crippen molar-refractivity contribution in [3.05, 3.63) is 60.4 Å². The second-order valence-electron chi connectivity index (χ2n) is 6.87. The van der Waals surface area contributed by atoms with Crippen LogP contribution in [0.25, 0.3) is 22.2 Å². The molecule has 0 unspecified atom stereocenters.